The maximum atomic E-state index is 14.5. The van der Waals surface area contributed by atoms with Gasteiger partial charge in [-0.3, -0.25) is 25.0 Å². The first kappa shape index (κ1) is 51.7. The van der Waals surface area contributed by atoms with Crippen molar-refractivity contribution < 1.29 is 43.9 Å². The maximum absolute atomic E-state index is 14.5. The molecular weight excluding hydrogens is 869 g/mol. The third-order valence-corrected chi connectivity index (χ3v) is 13.8. The van der Waals surface area contributed by atoms with Crippen LogP contribution in [0.5, 0.6) is 17.2 Å². The molecule has 368 valence electrons. The van der Waals surface area contributed by atoms with Gasteiger partial charge in [0.1, 0.15) is 29.9 Å². The molecule has 1 saturated carbocycles. The van der Waals surface area contributed by atoms with Crippen LogP contribution in [0.25, 0.3) is 0 Å². The minimum Gasteiger partial charge on any atom is -0.459 e. The Bertz CT molecular complexity index is 2210. The average Bonchev–Trinajstić information content (AvgIpc) is 3.34. The van der Waals surface area contributed by atoms with Crippen LogP contribution in [-0.4, -0.2) is 75.3 Å². The van der Waals surface area contributed by atoms with Crippen molar-refractivity contribution in [1.29, 1.82) is 0 Å². The number of hydrogen-bond acceptors (Lipinski definition) is 12. The van der Waals surface area contributed by atoms with Crippen LogP contribution >= 0.6 is 0 Å². The number of carbonyl (C=O) groups excluding carboxylic acids is 1. The molecule has 3 aromatic rings. The fourth-order valence-corrected chi connectivity index (χ4v) is 10.4. The van der Waals surface area contributed by atoms with Crippen molar-refractivity contribution in [3.63, 3.8) is 0 Å². The fourth-order valence-electron chi connectivity index (χ4n) is 10.4. The summed E-state index contributed by atoms with van der Waals surface area (Å²) in [6.45, 7) is 6.49. The third-order valence-electron chi connectivity index (χ3n) is 13.8. The van der Waals surface area contributed by atoms with Crippen LogP contribution in [-0.2, 0) is 21.0 Å². The number of unbranched alkanes of at least 4 members (excludes halogenated alkanes) is 10. The van der Waals surface area contributed by atoms with Crippen molar-refractivity contribution >= 4 is 23.0 Å². The normalized spacial score (nSPS) is 22.0. The lowest BCUT2D eigenvalue weighted by Gasteiger charge is -2.59. The highest BCUT2D eigenvalue weighted by Gasteiger charge is 2.65. The molecule has 1 heterocycles. The molecule has 1 amide bonds. The molecule has 6 unspecified atom stereocenters. The molecule has 15 heteroatoms. The molecule has 6 atom stereocenters. The summed E-state index contributed by atoms with van der Waals surface area (Å²) in [7, 11) is 1.81. The summed E-state index contributed by atoms with van der Waals surface area (Å²) in [5.74, 6) is -1.04. The Morgan fingerprint density at radius 1 is 0.868 bits per heavy atom. The molecule has 2 N–H and O–H groups in total. The van der Waals surface area contributed by atoms with Gasteiger partial charge in [0.2, 0.25) is 11.7 Å². The second-order valence-corrected chi connectivity index (χ2v) is 18.4. The van der Waals surface area contributed by atoms with E-state index in [0.717, 1.165) is 62.5 Å². The second kappa shape index (κ2) is 25.6. The van der Waals surface area contributed by atoms with E-state index >= 15 is 0 Å². The number of oxime groups is 1. The van der Waals surface area contributed by atoms with Crippen molar-refractivity contribution in [2.75, 3.05) is 26.9 Å². The van der Waals surface area contributed by atoms with Gasteiger partial charge in [0, 0.05) is 62.8 Å². The summed E-state index contributed by atoms with van der Waals surface area (Å²) in [6, 6.07) is 17.0. The van der Waals surface area contributed by atoms with Gasteiger partial charge >= 0.3 is 0 Å². The third kappa shape index (κ3) is 12.9. The lowest BCUT2D eigenvalue weighted by atomic mass is 9.55. The number of carbonyl (C=O) groups is 1. The summed E-state index contributed by atoms with van der Waals surface area (Å²) >= 11 is 0. The highest BCUT2D eigenvalue weighted by atomic mass is 16.7. The van der Waals surface area contributed by atoms with E-state index in [1.165, 1.54) is 56.4 Å². The van der Waals surface area contributed by atoms with Crippen LogP contribution in [0.3, 0.4) is 0 Å². The summed E-state index contributed by atoms with van der Waals surface area (Å²) in [5, 5.41) is 47.8. The number of fused-ring (bicyclic) bond motifs is 2. The molecule has 0 spiro atoms. The lowest BCUT2D eigenvalue weighted by Crippen LogP contribution is -2.69. The van der Waals surface area contributed by atoms with Crippen LogP contribution < -0.4 is 9.47 Å². The molecule has 0 radical (unpaired) electrons. The number of benzene rings is 3. The molecule has 6 rings (SSSR count). The number of allylic oxidation sites excluding steroid dienone is 1. The number of non-ortho nitro benzene ring substituents is 2. The van der Waals surface area contributed by atoms with E-state index < -0.39 is 27.6 Å². The molecule has 68 heavy (non-hydrogen) atoms. The number of nitrogens with zero attached hydrogens (tertiary/aromatic N) is 4. The summed E-state index contributed by atoms with van der Waals surface area (Å²) in [5.41, 5.74) is 2.90. The monoisotopic (exact) mass is 939 g/mol. The van der Waals surface area contributed by atoms with E-state index in [1.54, 1.807) is 41.3 Å². The highest BCUT2D eigenvalue weighted by molar-refractivity contribution is 6.03. The minimum absolute atomic E-state index is 0.0108. The summed E-state index contributed by atoms with van der Waals surface area (Å²) < 4.78 is 20.6. The van der Waals surface area contributed by atoms with E-state index in [-0.39, 0.29) is 67.9 Å². The fraction of sp³-hybridized carbons (Fsp3) is 0.547. The van der Waals surface area contributed by atoms with E-state index in [2.05, 4.69) is 19.6 Å². The maximum Gasteiger partial charge on any atom is 0.273 e. The molecule has 2 aliphatic carbocycles. The van der Waals surface area contributed by atoms with Gasteiger partial charge in [0.25, 0.3) is 11.4 Å². The first-order valence-electron chi connectivity index (χ1n) is 24.7. The lowest BCUT2D eigenvalue weighted by molar-refractivity contribution is -0.385. The molecule has 0 aromatic heterocycles. The molecule has 0 saturated heterocycles. The number of rotatable bonds is 29. The Hall–Kier alpha value is -5.64. The van der Waals surface area contributed by atoms with Crippen molar-refractivity contribution in [3.8, 4) is 17.2 Å². The van der Waals surface area contributed by atoms with Crippen LogP contribution in [0.15, 0.2) is 96.2 Å². The van der Waals surface area contributed by atoms with Gasteiger partial charge in [-0.2, -0.15) is 0 Å². The molecule has 3 aromatic carbocycles. The number of nitro groups is 2. The van der Waals surface area contributed by atoms with E-state index in [1.807, 2.05) is 19.2 Å². The first-order valence-corrected chi connectivity index (χ1v) is 24.7. The number of hydrogen-bond donors (Lipinski definition) is 2. The Balaban J connectivity index is 1.45. The number of nitro benzene ring substituents is 2. The van der Waals surface area contributed by atoms with Gasteiger partial charge in [-0.15, -0.1) is 6.58 Å². The van der Waals surface area contributed by atoms with Crippen molar-refractivity contribution in [2.45, 2.75) is 140 Å². The predicted molar refractivity (Wildman–Crippen MR) is 261 cm³/mol. The number of aliphatic hydroxyl groups excluding tert-OH is 2. The zero-order chi connectivity index (χ0) is 48.5. The standard InChI is InChI=1S/C53H70N4O11/c1-4-6-7-8-9-10-11-12-13-23-50(60)55(3)49-36-47(54-66-37-38-24-26-40(27-25-38)56(61)62)45-33-39(19-14-16-30-58)44(22-15-17-31-59)51-46-35-43(67-42-21-18-20-41(34-42)57(63)64)28-29-48(46)68-53(49,52(45)51)65-32-5-2/h5,18,20-21,24-29,33-35,39,44,49,51-52,58-59H,2,4,6-17,19,22-23,30-32,36-37H2,1,3H3. The SMILES string of the molecule is C=CCOC12Oc3ccc(Oc4cccc([N+](=O)[O-])c4)cc3C3C(CCCCO)C(CCCCO)C=C(C(=NOCc4ccc([N+](=O)[O-])cc4)CC1N(C)C(=O)CCCCCCCCCCC)C32. The van der Waals surface area contributed by atoms with Gasteiger partial charge < -0.3 is 34.2 Å². The molecule has 1 aliphatic heterocycles. The number of aliphatic hydroxyl groups is 2. The summed E-state index contributed by atoms with van der Waals surface area (Å²) in [6.07, 6.45) is 18.9. The predicted octanol–water partition coefficient (Wildman–Crippen LogP) is 11.5. The van der Waals surface area contributed by atoms with Gasteiger partial charge in [0.05, 0.1) is 34.1 Å². The Morgan fingerprint density at radius 2 is 1.54 bits per heavy atom. The van der Waals surface area contributed by atoms with Gasteiger partial charge in [-0.1, -0.05) is 94.5 Å². The average molecular weight is 939 g/mol. The number of ether oxygens (including phenoxy) is 3. The molecule has 15 nitrogen and oxygen atoms in total. The van der Waals surface area contributed by atoms with Crippen LogP contribution in [0.2, 0.25) is 0 Å². The van der Waals surface area contributed by atoms with Crippen LogP contribution in [0.4, 0.5) is 11.4 Å². The van der Waals surface area contributed by atoms with E-state index in [4.69, 9.17) is 24.2 Å². The van der Waals surface area contributed by atoms with E-state index in [9.17, 15) is 35.2 Å². The Morgan fingerprint density at radius 3 is 2.22 bits per heavy atom. The quantitative estimate of drug-likeness (QED) is 0.0291. The first-order chi connectivity index (χ1) is 33.0. The van der Waals surface area contributed by atoms with Crippen LogP contribution in [0, 0.1) is 38.0 Å². The second-order valence-electron chi connectivity index (χ2n) is 18.4. The molecule has 1 fully saturated rings. The Kier molecular flexibility index (Phi) is 19.5. The highest BCUT2D eigenvalue weighted by Crippen LogP contribution is 2.62. The largest absolute Gasteiger partial charge is 0.459 e. The van der Waals surface area contributed by atoms with Gasteiger partial charge in [-0.25, -0.2) is 0 Å². The van der Waals surface area contributed by atoms with Gasteiger partial charge in [0.15, 0.2) is 0 Å². The van der Waals surface area contributed by atoms with Crippen molar-refractivity contribution in [3.05, 3.63) is 122 Å². The molecule has 0 bridgehead atoms. The molecule has 3 aliphatic rings. The zero-order valence-corrected chi connectivity index (χ0v) is 39.8. The number of amides is 1. The van der Waals surface area contributed by atoms with Crippen molar-refractivity contribution in [1.82, 2.24) is 4.90 Å². The molecular formula is C53H70N4O11. The van der Waals surface area contributed by atoms with E-state index in [0.29, 0.717) is 47.8 Å². The smallest absolute Gasteiger partial charge is 0.273 e. The zero-order valence-electron chi connectivity index (χ0n) is 39.8. The van der Waals surface area contributed by atoms with Gasteiger partial charge in [-0.05, 0) is 91.5 Å². The van der Waals surface area contributed by atoms with Crippen LogP contribution in [0.1, 0.15) is 133 Å². The topological polar surface area (TPSA) is 196 Å². The minimum atomic E-state index is -1.42. The van der Waals surface area contributed by atoms with Crippen molar-refractivity contribution in [2.24, 2.45) is 22.9 Å². The summed E-state index contributed by atoms with van der Waals surface area (Å²) in [4.78, 5) is 44.5. The Labute approximate surface area is 400 Å². The number of likely N-dealkylation sites (N-methyl/N-ethyl adjacent to an activating group) is 1.